The van der Waals surface area contributed by atoms with Crippen LogP contribution in [0.25, 0.3) is 0 Å². The van der Waals surface area contributed by atoms with Crippen LogP contribution in [0.5, 0.6) is 5.75 Å². The molecule has 1 aromatic carbocycles. The summed E-state index contributed by atoms with van der Waals surface area (Å²) in [5.41, 5.74) is 2.06. The normalized spacial score (nSPS) is 13.7. The quantitative estimate of drug-likeness (QED) is 0.496. The van der Waals surface area contributed by atoms with Crippen molar-refractivity contribution >= 4 is 28.8 Å². The van der Waals surface area contributed by atoms with Crippen molar-refractivity contribution in [2.24, 2.45) is 0 Å². The summed E-state index contributed by atoms with van der Waals surface area (Å²) in [5.74, 6) is -1.64. The van der Waals surface area contributed by atoms with Gasteiger partial charge in [-0.3, -0.25) is 9.78 Å². The number of aromatic nitrogens is 1. The van der Waals surface area contributed by atoms with Crippen LogP contribution in [-0.4, -0.2) is 54.6 Å². The van der Waals surface area contributed by atoms with Gasteiger partial charge in [-0.25, -0.2) is 8.78 Å². The molecule has 1 aliphatic rings. The molecule has 32 heavy (non-hydrogen) atoms. The van der Waals surface area contributed by atoms with Crippen LogP contribution in [-0.2, 0) is 11.3 Å². The predicted octanol–water partition coefficient (Wildman–Crippen LogP) is 2.60. The lowest BCUT2D eigenvalue weighted by Gasteiger charge is -2.23. The number of thiocarbonyl (C=S) groups is 1. The first-order chi connectivity index (χ1) is 15.3. The first-order valence-corrected chi connectivity index (χ1v) is 10.5. The van der Waals surface area contributed by atoms with Gasteiger partial charge >= 0.3 is 0 Å². The third kappa shape index (κ3) is 6.21. The average molecular weight is 462 g/mol. The van der Waals surface area contributed by atoms with Crippen molar-refractivity contribution in [3.8, 4) is 5.75 Å². The summed E-state index contributed by atoms with van der Waals surface area (Å²) in [6.45, 7) is 2.14. The summed E-state index contributed by atoms with van der Waals surface area (Å²) in [6.07, 6.45) is 3.88. The van der Waals surface area contributed by atoms with E-state index in [1.165, 1.54) is 6.07 Å². The second-order valence-corrected chi connectivity index (χ2v) is 7.84. The van der Waals surface area contributed by atoms with E-state index >= 15 is 0 Å². The maximum absolute atomic E-state index is 13.5. The van der Waals surface area contributed by atoms with Crippen LogP contribution >= 0.6 is 12.2 Å². The molecule has 0 aliphatic carbocycles. The molecule has 0 fully saturated rings. The van der Waals surface area contributed by atoms with Crippen LogP contribution in [0.3, 0.4) is 0 Å². The summed E-state index contributed by atoms with van der Waals surface area (Å²) in [6, 6.07) is 5.19. The topological polar surface area (TPSA) is 78.5 Å². The second kappa shape index (κ2) is 11.0. The number of nitrogens with zero attached hydrogens (tertiary/aromatic N) is 2. The minimum absolute atomic E-state index is 0.118. The van der Waals surface area contributed by atoms with Gasteiger partial charge < -0.3 is 25.6 Å². The Morgan fingerprint density at radius 2 is 2.09 bits per heavy atom. The van der Waals surface area contributed by atoms with Gasteiger partial charge in [-0.2, -0.15) is 0 Å². The fraction of sp³-hybridized carbons (Fsp3) is 0.318. The van der Waals surface area contributed by atoms with Crippen molar-refractivity contribution < 1.29 is 18.3 Å². The van der Waals surface area contributed by atoms with Crippen molar-refractivity contribution in [2.75, 3.05) is 39.1 Å². The smallest absolute Gasteiger partial charge is 0.256 e. The fourth-order valence-electron chi connectivity index (χ4n) is 3.06. The Morgan fingerprint density at radius 1 is 1.28 bits per heavy atom. The van der Waals surface area contributed by atoms with Crippen molar-refractivity contribution in [1.82, 2.24) is 20.5 Å². The molecule has 0 saturated heterocycles. The van der Waals surface area contributed by atoms with Crippen LogP contribution in [0, 0.1) is 11.6 Å². The summed E-state index contributed by atoms with van der Waals surface area (Å²) in [5, 5.41) is 8.86. The minimum Gasteiger partial charge on any atom is -0.490 e. The van der Waals surface area contributed by atoms with E-state index in [1.807, 2.05) is 25.1 Å². The highest BCUT2D eigenvalue weighted by Gasteiger charge is 2.24. The minimum atomic E-state index is -1.00. The molecule has 0 saturated carbocycles. The van der Waals surface area contributed by atoms with Gasteiger partial charge in [0.25, 0.3) is 5.91 Å². The number of hydrogen-bond donors (Lipinski definition) is 3. The van der Waals surface area contributed by atoms with Crippen molar-refractivity contribution in [1.29, 1.82) is 0 Å². The molecule has 2 heterocycles. The molecule has 0 bridgehead atoms. The zero-order valence-corrected chi connectivity index (χ0v) is 18.7. The zero-order valence-electron chi connectivity index (χ0n) is 17.9. The molecule has 7 nitrogen and oxygen atoms in total. The van der Waals surface area contributed by atoms with E-state index in [0.29, 0.717) is 37.6 Å². The lowest BCUT2D eigenvalue weighted by Crippen LogP contribution is -2.39. The Hall–Kier alpha value is -3.11. The molecule has 3 rings (SSSR count). The molecule has 0 radical (unpaired) electrons. The van der Waals surface area contributed by atoms with Crippen LogP contribution < -0.4 is 20.7 Å². The molecule has 2 aromatic rings. The average Bonchev–Trinajstić information content (AvgIpc) is 2.75. The third-order valence-corrected chi connectivity index (χ3v) is 5.06. The second-order valence-electron chi connectivity index (χ2n) is 7.43. The number of benzene rings is 1. The zero-order chi connectivity index (χ0) is 23.1. The Bertz CT molecular complexity index is 1030. The van der Waals surface area contributed by atoms with Gasteiger partial charge in [0.15, 0.2) is 11.6 Å². The molecule has 0 unspecified atom stereocenters. The number of hydrogen-bond acceptors (Lipinski definition) is 6. The first-order valence-electron chi connectivity index (χ1n) is 10.1. The monoisotopic (exact) mass is 461 g/mol. The van der Waals surface area contributed by atoms with Crippen molar-refractivity contribution in [3.63, 3.8) is 0 Å². The summed E-state index contributed by atoms with van der Waals surface area (Å²) in [4.78, 5) is 18.8. The molecule has 10 heteroatoms. The molecule has 0 spiro atoms. The fourth-order valence-corrected chi connectivity index (χ4v) is 3.39. The number of amides is 1. The van der Waals surface area contributed by atoms with Gasteiger partial charge in [-0.05, 0) is 32.3 Å². The standard InChI is InChI=1S/C22H25F2N5O2S/c1-29(2)9-10-31-19-13-25-7-5-14(19)12-27-18-6-8-26-21(30)20(18)22(32)28-15-3-4-16(23)17(24)11-15/h3-5,7,11,13,27H,6,8-10,12H2,1-2H3,(H,26,30)(H,28,32). The number of carbonyl (C=O) groups excluding carboxylic acids is 1. The number of ether oxygens (including phenoxy) is 1. The summed E-state index contributed by atoms with van der Waals surface area (Å²) in [7, 11) is 3.93. The predicted molar refractivity (Wildman–Crippen MR) is 122 cm³/mol. The van der Waals surface area contributed by atoms with Crippen LogP contribution in [0.1, 0.15) is 12.0 Å². The van der Waals surface area contributed by atoms with Gasteiger partial charge in [0.05, 0.1) is 11.8 Å². The van der Waals surface area contributed by atoms with Gasteiger partial charge in [0.1, 0.15) is 17.3 Å². The summed E-state index contributed by atoms with van der Waals surface area (Å²) >= 11 is 5.40. The van der Waals surface area contributed by atoms with Gasteiger partial charge in [-0.15, -0.1) is 0 Å². The van der Waals surface area contributed by atoms with Gasteiger partial charge in [0, 0.05) is 55.3 Å². The van der Waals surface area contributed by atoms with E-state index in [-0.39, 0.29) is 22.2 Å². The molecule has 1 aromatic heterocycles. The number of pyridine rings is 1. The maximum atomic E-state index is 13.5. The van der Waals surface area contributed by atoms with Crippen LogP contribution in [0.2, 0.25) is 0 Å². The van der Waals surface area contributed by atoms with Gasteiger partial charge in [-0.1, -0.05) is 12.2 Å². The number of halogens is 2. The summed E-state index contributed by atoms with van der Waals surface area (Å²) < 4.78 is 32.6. The third-order valence-electron chi connectivity index (χ3n) is 4.75. The van der Waals surface area contributed by atoms with E-state index in [1.54, 1.807) is 12.4 Å². The number of carbonyl (C=O) groups is 1. The number of rotatable bonds is 9. The van der Waals surface area contributed by atoms with Gasteiger partial charge in [0.2, 0.25) is 0 Å². The molecule has 0 atom stereocenters. The maximum Gasteiger partial charge on any atom is 0.256 e. The number of likely N-dealkylation sites (N-methyl/N-ethyl adjacent to an activating group) is 1. The Morgan fingerprint density at radius 3 is 2.84 bits per heavy atom. The van der Waals surface area contributed by atoms with E-state index in [9.17, 15) is 13.6 Å². The lowest BCUT2D eigenvalue weighted by atomic mass is 10.1. The highest BCUT2D eigenvalue weighted by atomic mass is 32.1. The largest absolute Gasteiger partial charge is 0.490 e. The molecule has 3 N–H and O–H groups in total. The molecule has 1 amide bonds. The molecular formula is C22H25F2N5O2S. The first kappa shape index (κ1) is 23.6. The van der Waals surface area contributed by atoms with Crippen molar-refractivity contribution in [2.45, 2.75) is 13.0 Å². The van der Waals surface area contributed by atoms with Crippen molar-refractivity contribution in [3.05, 3.63) is 65.1 Å². The van der Waals surface area contributed by atoms with E-state index in [0.717, 1.165) is 24.2 Å². The highest BCUT2D eigenvalue weighted by molar-refractivity contribution is 7.81. The Balaban J connectivity index is 1.74. The number of anilines is 1. The molecule has 170 valence electrons. The van der Waals surface area contributed by atoms with Crippen LogP contribution in [0.15, 0.2) is 47.9 Å². The SMILES string of the molecule is CN(C)CCOc1cnccc1CNC1=C(C(=S)Nc2ccc(F)c(F)c2)C(=O)NCC1. The van der Waals surface area contributed by atoms with E-state index < -0.39 is 11.6 Å². The number of nitrogens with one attached hydrogen (secondary N) is 3. The Labute approximate surface area is 190 Å². The van der Waals surface area contributed by atoms with E-state index in [2.05, 4.69) is 20.9 Å². The van der Waals surface area contributed by atoms with E-state index in [4.69, 9.17) is 17.0 Å². The highest BCUT2D eigenvalue weighted by Crippen LogP contribution is 2.20. The van der Waals surface area contributed by atoms with Crippen LogP contribution in [0.4, 0.5) is 14.5 Å². The molecular weight excluding hydrogens is 436 g/mol. The molecule has 1 aliphatic heterocycles. The Kier molecular flexibility index (Phi) is 8.07. The lowest BCUT2D eigenvalue weighted by molar-refractivity contribution is -0.117.